The predicted molar refractivity (Wildman–Crippen MR) is 49.3 cm³/mol. The third kappa shape index (κ3) is 2.75. The summed E-state index contributed by atoms with van der Waals surface area (Å²) in [7, 11) is 0. The standard InChI is InChI=1S/C8H9N5O2/c9-11-3-7(14)5-1-2-6(13-5)8(15)4-12-10/h3-6,13H,1-2H2/i/hD. The van der Waals surface area contributed by atoms with Crippen molar-refractivity contribution in [2.75, 3.05) is 0 Å². The van der Waals surface area contributed by atoms with Crippen LogP contribution in [0.15, 0.2) is 0 Å². The number of carbonyl (C=O) groups is 2. The van der Waals surface area contributed by atoms with Crippen molar-refractivity contribution in [1.82, 2.24) is 5.31 Å². The van der Waals surface area contributed by atoms with Gasteiger partial charge >= 0.3 is 12.4 Å². The molecule has 1 N–H and O–H groups in total. The molecule has 1 heterocycles. The molecule has 0 spiro atoms. The van der Waals surface area contributed by atoms with Gasteiger partial charge in [0.1, 0.15) is 1.41 Å². The summed E-state index contributed by atoms with van der Waals surface area (Å²) in [5, 5.41) is 0.841. The molecule has 0 aromatic heterocycles. The minimum Gasteiger partial charge on any atom is -0.361 e. The molecule has 2 unspecified atom stereocenters. The largest absolute Gasteiger partial charge is 0.361 e. The molecule has 0 aliphatic carbocycles. The topological polar surface area (TPSA) is 119 Å². The van der Waals surface area contributed by atoms with Gasteiger partial charge in [0, 0.05) is 0 Å². The first kappa shape index (κ1) is 9.61. The maximum atomic E-state index is 11.3. The molecular weight excluding hydrogens is 198 g/mol. The Morgan fingerprint density at radius 3 is 1.93 bits per heavy atom. The van der Waals surface area contributed by atoms with Crippen molar-refractivity contribution in [3.63, 3.8) is 0 Å². The van der Waals surface area contributed by atoms with Crippen LogP contribution in [-0.4, -0.2) is 45.7 Å². The molecule has 1 aliphatic rings. The Morgan fingerprint density at radius 1 is 1.20 bits per heavy atom. The highest BCUT2D eigenvalue weighted by Gasteiger charge is 2.34. The number of nitrogens with one attached hydrogen (secondary N) is 1. The number of nitrogens with zero attached hydrogens (tertiary/aromatic N) is 4. The Morgan fingerprint density at radius 2 is 1.60 bits per heavy atom. The molecule has 0 bridgehead atoms. The van der Waals surface area contributed by atoms with Crippen LogP contribution < -0.4 is 5.31 Å². The summed E-state index contributed by atoms with van der Waals surface area (Å²) in [6.45, 7) is 0. The summed E-state index contributed by atoms with van der Waals surface area (Å²) in [6.07, 6.45) is 2.06. The molecule has 15 heavy (non-hydrogen) atoms. The van der Waals surface area contributed by atoms with Gasteiger partial charge in [-0.3, -0.25) is 14.9 Å². The minimum atomic E-state index is -0.794. The van der Waals surface area contributed by atoms with Crippen LogP contribution in [0.4, 0.5) is 0 Å². The maximum absolute atomic E-state index is 11.3. The van der Waals surface area contributed by atoms with Gasteiger partial charge in [0.05, 0.1) is 12.1 Å². The molecule has 1 fully saturated rings. The van der Waals surface area contributed by atoms with Gasteiger partial charge in [0.15, 0.2) is 0 Å². The predicted octanol–water partition coefficient (Wildman–Crippen LogP) is -1.15. The van der Waals surface area contributed by atoms with Crippen molar-refractivity contribution in [1.29, 1.82) is 0 Å². The molecule has 7 heteroatoms. The lowest BCUT2D eigenvalue weighted by Crippen LogP contribution is -2.40. The van der Waals surface area contributed by atoms with E-state index in [0.717, 1.165) is 5.31 Å². The van der Waals surface area contributed by atoms with E-state index < -0.39 is 23.7 Å². The summed E-state index contributed by atoms with van der Waals surface area (Å²) < 4.78 is 7.57. The minimum absolute atomic E-state index is 0.323. The second-order valence-corrected chi connectivity index (χ2v) is 3.05. The fourth-order valence-electron chi connectivity index (χ4n) is 1.40. The normalized spacial score (nSPS) is 26.0. The van der Waals surface area contributed by atoms with Crippen molar-refractivity contribution in [2.24, 2.45) is 0 Å². The molecule has 0 aromatic carbocycles. The number of Topliss-reactive ketones (excluding diaryl/α,β-unsaturated/α-hetero) is 2. The summed E-state index contributed by atoms with van der Waals surface area (Å²) in [5.41, 5.74) is 16.4. The van der Waals surface area contributed by atoms with Crippen LogP contribution in [0.1, 0.15) is 12.8 Å². The van der Waals surface area contributed by atoms with Crippen LogP contribution in [0.2, 0.25) is 1.41 Å². The number of rotatable bonds is 4. The Hall–Kier alpha value is -1.94. The van der Waals surface area contributed by atoms with Crippen LogP contribution in [-0.2, 0) is 9.59 Å². The molecule has 0 radical (unpaired) electrons. The molecule has 2 atom stereocenters. The van der Waals surface area contributed by atoms with Crippen LogP contribution in [0, 0.1) is 0 Å². The van der Waals surface area contributed by atoms with Gasteiger partial charge < -0.3 is 11.1 Å². The highest BCUT2D eigenvalue weighted by molar-refractivity contribution is 6.29. The zero-order valence-corrected chi connectivity index (χ0v) is 7.78. The number of hydrogen-bond acceptors (Lipinski definition) is 3. The van der Waals surface area contributed by atoms with Gasteiger partial charge in [0.2, 0.25) is 0 Å². The molecule has 1 saturated heterocycles. The van der Waals surface area contributed by atoms with Crippen molar-refractivity contribution in [3.05, 3.63) is 11.1 Å². The molecule has 0 amide bonds. The summed E-state index contributed by atoms with van der Waals surface area (Å²) in [5.74, 6) is -1.07. The van der Waals surface area contributed by atoms with Crippen LogP contribution in [0.5, 0.6) is 0 Å². The van der Waals surface area contributed by atoms with Gasteiger partial charge in [-0.1, -0.05) is 0 Å². The van der Waals surface area contributed by atoms with E-state index in [1.807, 2.05) is 0 Å². The van der Waals surface area contributed by atoms with E-state index in [1.165, 1.54) is 0 Å². The number of carbonyl (C=O) groups excluding carboxylic acids is 2. The number of hydrogen-bond donors (Lipinski definition) is 1. The molecule has 7 nitrogen and oxygen atoms in total. The molecule has 78 valence electrons. The van der Waals surface area contributed by atoms with E-state index in [0.29, 0.717) is 25.3 Å². The van der Waals surface area contributed by atoms with Crippen LogP contribution in [0.3, 0.4) is 0 Å². The quantitative estimate of drug-likeness (QED) is 0.356. The lowest BCUT2D eigenvalue weighted by molar-refractivity contribution is -0.118. The summed E-state index contributed by atoms with van der Waals surface area (Å²) in [6, 6.07) is -1.59. The van der Waals surface area contributed by atoms with E-state index in [1.54, 1.807) is 0 Å². The van der Waals surface area contributed by atoms with Gasteiger partial charge in [-0.05, 0) is 12.8 Å². The lowest BCUT2D eigenvalue weighted by atomic mass is 10.1. The molecule has 1 rings (SSSR count). The Kier molecular flexibility index (Phi) is 3.25. The molecule has 0 saturated carbocycles. The Bertz CT molecular complexity index is 373. The van der Waals surface area contributed by atoms with Crippen molar-refractivity contribution in [2.45, 2.75) is 24.9 Å². The third-order valence-corrected chi connectivity index (χ3v) is 2.10. The highest BCUT2D eigenvalue weighted by atomic mass is 16.1. The fourth-order valence-corrected chi connectivity index (χ4v) is 1.40. The Balaban J connectivity index is 2.77. The van der Waals surface area contributed by atoms with Crippen molar-refractivity contribution in [3.8, 4) is 0 Å². The van der Waals surface area contributed by atoms with Crippen LogP contribution in [0.25, 0.3) is 11.1 Å². The van der Waals surface area contributed by atoms with Crippen LogP contribution >= 0.6 is 0 Å². The fraction of sp³-hybridized carbons (Fsp3) is 0.500. The smallest absolute Gasteiger partial charge is 0.324 e. The van der Waals surface area contributed by atoms with Crippen molar-refractivity contribution >= 4 is 24.0 Å². The van der Waals surface area contributed by atoms with Gasteiger partial charge in [0.25, 0.3) is 11.6 Å². The zero-order chi connectivity index (χ0) is 12.1. The molecular formula is C8H9N5O2. The lowest BCUT2D eigenvalue weighted by Gasteiger charge is -2.05. The average Bonchev–Trinajstić information content (AvgIpc) is 2.61. The average molecular weight is 208 g/mol. The zero-order valence-electron chi connectivity index (χ0n) is 8.78. The summed E-state index contributed by atoms with van der Waals surface area (Å²) in [4.78, 5) is 27.8. The molecule has 1 aliphatic heterocycles. The monoisotopic (exact) mass is 208 g/mol. The summed E-state index contributed by atoms with van der Waals surface area (Å²) >= 11 is 0. The maximum Gasteiger partial charge on any atom is 0.324 e. The molecule has 0 aromatic rings. The first-order valence-corrected chi connectivity index (χ1v) is 4.31. The number of ketones is 2. The highest BCUT2D eigenvalue weighted by Crippen LogP contribution is 2.12. The van der Waals surface area contributed by atoms with E-state index in [2.05, 4.69) is 9.58 Å². The van der Waals surface area contributed by atoms with E-state index >= 15 is 0 Å². The van der Waals surface area contributed by atoms with Crippen molar-refractivity contribution < 1.29 is 20.6 Å². The first-order valence-electron chi connectivity index (χ1n) is 4.76. The van der Waals surface area contributed by atoms with Gasteiger partial charge in [-0.15, -0.1) is 0 Å². The van der Waals surface area contributed by atoms with Gasteiger partial charge in [-0.2, -0.15) is 9.58 Å². The van der Waals surface area contributed by atoms with E-state index in [4.69, 9.17) is 12.5 Å². The second-order valence-electron chi connectivity index (χ2n) is 3.05. The SMILES string of the molecule is [2H]N1C(C(=O)C=[N+]=[N-])CCC1C(=O)C=[N+]=[N-]. The second kappa shape index (κ2) is 5.07. The first-order chi connectivity index (χ1) is 7.61. The third-order valence-electron chi connectivity index (χ3n) is 2.10. The van der Waals surface area contributed by atoms with E-state index in [9.17, 15) is 9.59 Å². The van der Waals surface area contributed by atoms with E-state index in [-0.39, 0.29) is 0 Å². The van der Waals surface area contributed by atoms with Gasteiger partial charge in [-0.25, -0.2) is 0 Å². The Labute approximate surface area is 86.8 Å².